The maximum absolute atomic E-state index is 9.78. The molecule has 0 aromatic heterocycles. The highest BCUT2D eigenvalue weighted by Crippen LogP contribution is 2.31. The van der Waals surface area contributed by atoms with Crippen LogP contribution in [-0.2, 0) is 4.74 Å². The highest BCUT2D eigenvalue weighted by Gasteiger charge is 2.25. The second kappa shape index (κ2) is 6.92. The number of phenols is 1. The van der Waals surface area contributed by atoms with Gasteiger partial charge in [-0.15, -0.1) is 0 Å². The van der Waals surface area contributed by atoms with Crippen LogP contribution >= 0.6 is 0 Å². The zero-order valence-corrected chi connectivity index (χ0v) is 12.2. The van der Waals surface area contributed by atoms with E-state index in [1.54, 1.807) is 6.07 Å². The fourth-order valence-electron chi connectivity index (χ4n) is 2.63. The molecule has 112 valence electrons. The first-order valence-corrected chi connectivity index (χ1v) is 7.17. The van der Waals surface area contributed by atoms with Gasteiger partial charge in [-0.3, -0.25) is 4.90 Å². The fraction of sp³-hybridized carbons (Fsp3) is 0.600. The minimum atomic E-state index is 0.126. The molecule has 2 atom stereocenters. The zero-order valence-electron chi connectivity index (χ0n) is 12.2. The minimum absolute atomic E-state index is 0.126. The van der Waals surface area contributed by atoms with E-state index < -0.39 is 0 Å². The van der Waals surface area contributed by atoms with Gasteiger partial charge in [0.2, 0.25) is 0 Å². The second-order valence-corrected chi connectivity index (χ2v) is 5.09. The average molecular weight is 280 g/mol. The Bertz CT molecular complexity index is 439. The number of rotatable bonds is 5. The molecule has 1 aromatic rings. The van der Waals surface area contributed by atoms with E-state index in [9.17, 15) is 5.11 Å². The smallest absolute Gasteiger partial charge is 0.161 e. The van der Waals surface area contributed by atoms with Crippen molar-refractivity contribution in [2.75, 3.05) is 32.8 Å². The lowest BCUT2D eigenvalue weighted by Gasteiger charge is -2.37. The van der Waals surface area contributed by atoms with Crippen LogP contribution in [0, 0.1) is 0 Å². The van der Waals surface area contributed by atoms with Gasteiger partial charge in [0.1, 0.15) is 0 Å². The van der Waals surface area contributed by atoms with E-state index >= 15 is 0 Å². The quantitative estimate of drug-likeness (QED) is 0.856. The SMILES string of the molecule is CCOc1cc(C(CN)N2CCOC(C)C2)ccc1O. The van der Waals surface area contributed by atoms with Gasteiger partial charge in [-0.25, -0.2) is 0 Å². The predicted octanol–water partition coefficient (Wildman–Crippen LogP) is 1.51. The van der Waals surface area contributed by atoms with Crippen LogP contribution in [0.2, 0.25) is 0 Å². The van der Waals surface area contributed by atoms with Gasteiger partial charge in [-0.2, -0.15) is 0 Å². The van der Waals surface area contributed by atoms with Crippen molar-refractivity contribution >= 4 is 0 Å². The monoisotopic (exact) mass is 280 g/mol. The fourth-order valence-corrected chi connectivity index (χ4v) is 2.63. The summed E-state index contributed by atoms with van der Waals surface area (Å²) < 4.78 is 11.0. The standard InChI is InChI=1S/C15H24N2O3/c1-3-19-15-8-12(4-5-14(15)18)13(9-16)17-6-7-20-11(2)10-17/h4-5,8,11,13,18H,3,6-7,9-10,16H2,1-2H3. The summed E-state index contributed by atoms with van der Waals surface area (Å²) in [4.78, 5) is 2.33. The van der Waals surface area contributed by atoms with E-state index in [-0.39, 0.29) is 17.9 Å². The van der Waals surface area contributed by atoms with E-state index in [0.29, 0.717) is 18.9 Å². The van der Waals surface area contributed by atoms with Gasteiger partial charge < -0.3 is 20.3 Å². The molecule has 0 saturated carbocycles. The Hall–Kier alpha value is -1.30. The van der Waals surface area contributed by atoms with Gasteiger partial charge in [0.15, 0.2) is 11.5 Å². The highest BCUT2D eigenvalue weighted by atomic mass is 16.5. The molecule has 1 aromatic carbocycles. The Morgan fingerprint density at radius 3 is 3.00 bits per heavy atom. The Morgan fingerprint density at radius 1 is 1.55 bits per heavy atom. The number of phenolic OH excluding ortho intramolecular Hbond substituents is 1. The first-order valence-electron chi connectivity index (χ1n) is 7.17. The Kier molecular flexibility index (Phi) is 5.23. The molecular formula is C15H24N2O3. The maximum atomic E-state index is 9.78. The van der Waals surface area contributed by atoms with Crippen molar-refractivity contribution in [1.82, 2.24) is 4.90 Å². The molecule has 3 N–H and O–H groups in total. The molecule has 0 radical (unpaired) electrons. The normalized spacial score (nSPS) is 21.6. The molecule has 1 aliphatic rings. The lowest BCUT2D eigenvalue weighted by Crippen LogP contribution is -2.45. The number of nitrogens with zero attached hydrogens (tertiary/aromatic N) is 1. The van der Waals surface area contributed by atoms with Crippen molar-refractivity contribution in [3.63, 3.8) is 0 Å². The molecule has 1 saturated heterocycles. The van der Waals surface area contributed by atoms with Crippen LogP contribution in [0.25, 0.3) is 0 Å². The summed E-state index contributed by atoms with van der Waals surface area (Å²) in [5.74, 6) is 0.687. The second-order valence-electron chi connectivity index (χ2n) is 5.09. The molecule has 0 spiro atoms. The number of ether oxygens (including phenoxy) is 2. The van der Waals surface area contributed by atoms with Crippen molar-refractivity contribution in [2.45, 2.75) is 26.0 Å². The van der Waals surface area contributed by atoms with Gasteiger partial charge in [0.25, 0.3) is 0 Å². The van der Waals surface area contributed by atoms with E-state index in [4.69, 9.17) is 15.2 Å². The van der Waals surface area contributed by atoms with Gasteiger partial charge >= 0.3 is 0 Å². The van der Waals surface area contributed by atoms with Crippen molar-refractivity contribution in [3.05, 3.63) is 23.8 Å². The molecule has 2 rings (SSSR count). The Morgan fingerprint density at radius 2 is 2.35 bits per heavy atom. The van der Waals surface area contributed by atoms with Crippen molar-refractivity contribution in [2.24, 2.45) is 5.73 Å². The van der Waals surface area contributed by atoms with Gasteiger partial charge in [0, 0.05) is 25.7 Å². The van der Waals surface area contributed by atoms with E-state index in [2.05, 4.69) is 11.8 Å². The molecule has 2 unspecified atom stereocenters. The Balaban J connectivity index is 2.20. The molecule has 0 aliphatic carbocycles. The summed E-state index contributed by atoms with van der Waals surface area (Å²) in [6.07, 6.45) is 0.223. The number of nitrogens with two attached hydrogens (primary N) is 1. The third-order valence-corrected chi connectivity index (χ3v) is 3.60. The maximum Gasteiger partial charge on any atom is 0.161 e. The number of benzene rings is 1. The van der Waals surface area contributed by atoms with Crippen LogP contribution in [0.4, 0.5) is 0 Å². The zero-order chi connectivity index (χ0) is 14.5. The van der Waals surface area contributed by atoms with Gasteiger partial charge in [0.05, 0.1) is 19.3 Å². The first-order chi connectivity index (χ1) is 9.65. The van der Waals surface area contributed by atoms with Crippen LogP contribution < -0.4 is 10.5 Å². The average Bonchev–Trinajstić information content (AvgIpc) is 2.43. The first kappa shape index (κ1) is 15.1. The number of hydrogen-bond donors (Lipinski definition) is 2. The highest BCUT2D eigenvalue weighted by molar-refractivity contribution is 5.43. The molecule has 1 heterocycles. The van der Waals surface area contributed by atoms with E-state index in [1.807, 2.05) is 19.1 Å². The molecule has 1 fully saturated rings. The van der Waals surface area contributed by atoms with Crippen molar-refractivity contribution in [1.29, 1.82) is 0 Å². The molecule has 20 heavy (non-hydrogen) atoms. The number of hydrogen-bond acceptors (Lipinski definition) is 5. The summed E-state index contributed by atoms with van der Waals surface area (Å²) >= 11 is 0. The molecular weight excluding hydrogens is 256 g/mol. The predicted molar refractivity (Wildman–Crippen MR) is 78.1 cm³/mol. The molecule has 5 nitrogen and oxygen atoms in total. The Labute approximate surface area is 120 Å². The van der Waals surface area contributed by atoms with Gasteiger partial charge in [-0.1, -0.05) is 6.07 Å². The molecule has 5 heteroatoms. The van der Waals surface area contributed by atoms with Crippen LogP contribution in [0.5, 0.6) is 11.5 Å². The van der Waals surface area contributed by atoms with Crippen molar-refractivity contribution in [3.8, 4) is 11.5 Å². The number of morpholine rings is 1. The topological polar surface area (TPSA) is 68.0 Å². The third kappa shape index (κ3) is 3.42. The van der Waals surface area contributed by atoms with Crippen LogP contribution in [-0.4, -0.2) is 49.0 Å². The molecule has 0 bridgehead atoms. The lowest BCUT2D eigenvalue weighted by atomic mass is 10.0. The molecule has 1 aliphatic heterocycles. The summed E-state index contributed by atoms with van der Waals surface area (Å²) in [5.41, 5.74) is 7.03. The van der Waals surface area contributed by atoms with Gasteiger partial charge in [-0.05, 0) is 31.5 Å². The number of aromatic hydroxyl groups is 1. The summed E-state index contributed by atoms with van der Waals surface area (Å²) in [7, 11) is 0. The largest absolute Gasteiger partial charge is 0.504 e. The van der Waals surface area contributed by atoms with E-state index in [1.165, 1.54) is 0 Å². The third-order valence-electron chi connectivity index (χ3n) is 3.60. The summed E-state index contributed by atoms with van der Waals surface area (Å²) in [6.45, 7) is 7.50. The van der Waals surface area contributed by atoms with Crippen LogP contribution in [0.15, 0.2) is 18.2 Å². The minimum Gasteiger partial charge on any atom is -0.504 e. The van der Waals surface area contributed by atoms with Crippen LogP contribution in [0.3, 0.4) is 0 Å². The van der Waals surface area contributed by atoms with Crippen molar-refractivity contribution < 1.29 is 14.6 Å². The van der Waals surface area contributed by atoms with E-state index in [0.717, 1.165) is 25.3 Å². The van der Waals surface area contributed by atoms with Crippen LogP contribution in [0.1, 0.15) is 25.5 Å². The lowest BCUT2D eigenvalue weighted by molar-refractivity contribution is -0.0333. The summed E-state index contributed by atoms with van der Waals surface area (Å²) in [6, 6.07) is 5.60. The molecule has 0 amide bonds. The summed E-state index contributed by atoms with van der Waals surface area (Å²) in [5, 5.41) is 9.78.